The van der Waals surface area contributed by atoms with E-state index < -0.39 is 62.4 Å². The number of aromatic nitrogens is 1. The van der Waals surface area contributed by atoms with E-state index in [0.717, 1.165) is 46.3 Å². The number of esters is 2. The minimum absolute atomic E-state index is 0.0568. The third-order valence-electron chi connectivity index (χ3n) is 15.6. The Bertz CT molecular complexity index is 2470. The van der Waals surface area contributed by atoms with E-state index in [-0.39, 0.29) is 31.1 Å². The van der Waals surface area contributed by atoms with Crippen LogP contribution < -0.4 is 5.06 Å². The lowest BCUT2D eigenvalue weighted by Gasteiger charge is -2.63. The summed E-state index contributed by atoms with van der Waals surface area (Å²) in [6, 6.07) is 10.8. The summed E-state index contributed by atoms with van der Waals surface area (Å²) in [5, 5.41) is 39.7. The van der Waals surface area contributed by atoms with Crippen molar-refractivity contribution in [2.75, 3.05) is 58.6 Å². The average molecular weight is 925 g/mol. The lowest BCUT2D eigenvalue weighted by molar-refractivity contribution is -0.234. The largest absolute Gasteiger partial charge is 0.467 e. The second-order valence-corrected chi connectivity index (χ2v) is 19.5. The van der Waals surface area contributed by atoms with Crippen LogP contribution in [0.2, 0.25) is 0 Å². The molecule has 0 amide bonds. The highest BCUT2D eigenvalue weighted by atomic mass is 32.3. The molecule has 65 heavy (non-hydrogen) atoms. The standard InChI is InChI=1S/C46H58N4O10.H2O4S/c1-6-43(55)21-29-22-48(25-43)17-13-31-30-11-8-9-12-35(30)47-38(31)33(24-59-26-52)37(29)32-20-34-36(19-28(32)23-51)50(58-5)40-45(34)15-18-49-16-10-14-44(7-2,39(45)49)41(60-27(3)53)46(40,56)42(54)57-4;1-5(2,3)4/h8-12,14,19-20,26,29,33,37,39-41,47,51,55-56H,6-7,13,15-18,21-25H2,1-5H3;(H2,1,2,3,4)/t29?,33-,37?,39+,40-,41?,43+,44-,45-,46+;/m1./s1. The van der Waals surface area contributed by atoms with Gasteiger partial charge in [0.1, 0.15) is 6.04 Å². The zero-order chi connectivity index (χ0) is 46.9. The average Bonchev–Trinajstić information content (AvgIpc) is 3.94. The molecule has 18 nitrogen and oxygen atoms in total. The monoisotopic (exact) mass is 924 g/mol. The van der Waals surface area contributed by atoms with E-state index in [1.54, 1.807) is 5.06 Å². The fourth-order valence-corrected chi connectivity index (χ4v) is 13.4. The van der Waals surface area contributed by atoms with Gasteiger partial charge in [-0.3, -0.25) is 33.3 Å². The summed E-state index contributed by atoms with van der Waals surface area (Å²) in [5.41, 5.74) is 0.599. The van der Waals surface area contributed by atoms with Gasteiger partial charge in [-0.25, -0.2) is 9.86 Å². The maximum absolute atomic E-state index is 14.4. The number of methoxy groups -OCH3 is 1. The Hall–Kier alpha value is -4.44. The molecular weight excluding hydrogens is 865 g/mol. The summed E-state index contributed by atoms with van der Waals surface area (Å²) in [4.78, 5) is 54.3. The van der Waals surface area contributed by atoms with Crippen molar-refractivity contribution in [1.82, 2.24) is 14.8 Å². The number of carbonyl (C=O) groups excluding carboxylic acids is 3. The molecule has 2 aromatic carbocycles. The Kier molecular flexibility index (Phi) is 12.5. The lowest BCUT2D eigenvalue weighted by atomic mass is 9.47. The molecule has 19 heteroatoms. The van der Waals surface area contributed by atoms with Crippen molar-refractivity contribution in [2.24, 2.45) is 11.3 Å². The van der Waals surface area contributed by atoms with Gasteiger partial charge >= 0.3 is 22.3 Å². The number of rotatable bonds is 10. The number of benzene rings is 2. The summed E-state index contributed by atoms with van der Waals surface area (Å²) >= 11 is 0. The first kappa shape index (κ1) is 47.1. The number of fused-ring (bicyclic) bond motifs is 6. The number of aromatic amines is 1. The van der Waals surface area contributed by atoms with Crippen LogP contribution in [0.3, 0.4) is 0 Å². The van der Waals surface area contributed by atoms with Crippen LogP contribution in [0.25, 0.3) is 10.9 Å². The van der Waals surface area contributed by atoms with E-state index in [4.69, 9.17) is 36.6 Å². The van der Waals surface area contributed by atoms with Crippen molar-refractivity contribution in [1.29, 1.82) is 0 Å². The van der Waals surface area contributed by atoms with E-state index in [2.05, 4.69) is 33.0 Å². The van der Waals surface area contributed by atoms with Crippen LogP contribution in [0.4, 0.5) is 5.69 Å². The number of hydrogen-bond acceptors (Lipinski definition) is 15. The normalized spacial score (nSPS) is 34.7. The highest BCUT2D eigenvalue weighted by Crippen LogP contribution is 2.68. The van der Waals surface area contributed by atoms with Gasteiger partial charge in [-0.1, -0.05) is 50.3 Å². The van der Waals surface area contributed by atoms with Crippen LogP contribution >= 0.6 is 0 Å². The topological polar surface area (TPSA) is 249 Å². The molecule has 1 spiro atoms. The van der Waals surface area contributed by atoms with E-state index in [0.29, 0.717) is 69.6 Å². The fraction of sp³-hybridized carbons (Fsp3) is 0.587. The molecule has 5 aliphatic heterocycles. The Morgan fingerprint density at radius 2 is 1.78 bits per heavy atom. The van der Waals surface area contributed by atoms with E-state index >= 15 is 0 Å². The summed E-state index contributed by atoms with van der Waals surface area (Å²) in [6.45, 7) is 8.68. The quantitative estimate of drug-likeness (QED) is 0.0563. The molecule has 354 valence electrons. The number of para-hydroxylation sites is 1. The first-order chi connectivity index (χ1) is 30.9. The number of aliphatic hydroxyl groups is 3. The molecule has 0 radical (unpaired) electrons. The molecule has 4 unspecified atom stereocenters. The van der Waals surface area contributed by atoms with Crippen LogP contribution in [-0.4, -0.2) is 149 Å². The van der Waals surface area contributed by atoms with Crippen LogP contribution in [0.15, 0.2) is 48.6 Å². The Morgan fingerprint density at radius 1 is 1.05 bits per heavy atom. The number of carbonyl (C=O) groups is 3. The van der Waals surface area contributed by atoms with Crippen molar-refractivity contribution in [2.45, 2.75) is 106 Å². The third kappa shape index (κ3) is 7.47. The molecule has 1 aromatic heterocycles. The number of nitrogens with one attached hydrogen (secondary N) is 1. The summed E-state index contributed by atoms with van der Waals surface area (Å²) < 4.78 is 48.9. The van der Waals surface area contributed by atoms with E-state index in [1.165, 1.54) is 21.1 Å². The second-order valence-electron chi connectivity index (χ2n) is 18.6. The fourth-order valence-electron chi connectivity index (χ4n) is 13.4. The third-order valence-corrected chi connectivity index (χ3v) is 15.6. The van der Waals surface area contributed by atoms with Gasteiger partial charge in [0.15, 0.2) is 6.10 Å². The smallest absolute Gasteiger partial charge is 0.394 e. The summed E-state index contributed by atoms with van der Waals surface area (Å²) in [6.07, 6.45) is 5.47. The molecular formula is C46H60N4O14S. The van der Waals surface area contributed by atoms with E-state index in [9.17, 15) is 29.7 Å². The predicted octanol–water partition coefficient (Wildman–Crippen LogP) is 2.94. The van der Waals surface area contributed by atoms with Crippen LogP contribution in [-0.2, 0) is 62.3 Å². The van der Waals surface area contributed by atoms with Gasteiger partial charge in [0.25, 0.3) is 6.47 Å². The maximum Gasteiger partial charge on any atom is 0.394 e. The van der Waals surface area contributed by atoms with Gasteiger partial charge < -0.3 is 34.5 Å². The van der Waals surface area contributed by atoms with Gasteiger partial charge in [-0.2, -0.15) is 8.42 Å². The van der Waals surface area contributed by atoms with Crippen LogP contribution in [0.1, 0.15) is 86.2 Å². The minimum atomic E-state index is -4.67. The second kappa shape index (κ2) is 17.3. The van der Waals surface area contributed by atoms with Crippen molar-refractivity contribution in [3.8, 4) is 0 Å². The first-order valence-corrected chi connectivity index (χ1v) is 23.6. The van der Waals surface area contributed by atoms with Gasteiger partial charge in [0.05, 0.1) is 38.7 Å². The molecule has 1 aliphatic carbocycles. The zero-order valence-corrected chi connectivity index (χ0v) is 38.1. The number of hydroxylamine groups is 1. The summed E-state index contributed by atoms with van der Waals surface area (Å²) in [5.74, 6) is -2.50. The number of H-pyrrole nitrogens is 1. The van der Waals surface area contributed by atoms with Crippen LogP contribution in [0.5, 0.6) is 0 Å². The molecule has 3 fully saturated rings. The highest BCUT2D eigenvalue weighted by Gasteiger charge is 2.81. The molecule has 9 rings (SSSR count). The van der Waals surface area contributed by atoms with Crippen molar-refractivity contribution < 1.29 is 66.3 Å². The number of ether oxygens (including phenoxy) is 3. The lowest BCUT2D eigenvalue weighted by Crippen LogP contribution is -2.81. The SMILES string of the molecule is CC[C@]1(O)CC2CN(CCc3c([nH]c4ccccc34)[C@H](COC=O)C2c2cc3c(cc2CO)N(OC)[C@@H]2[C@]34CCN3CC=C[C@@](CC)(C(OC(C)=O)[C@]2(O)C(=O)OC)[C@H]34)C1.O=S(=O)(O)O. The molecule has 6 aliphatic rings. The number of aliphatic hydroxyl groups excluding tert-OH is 1. The van der Waals surface area contributed by atoms with Crippen molar-refractivity contribution >= 4 is 45.4 Å². The Balaban J connectivity index is 0.00000109. The minimum Gasteiger partial charge on any atom is -0.467 e. The molecule has 11 atom stereocenters. The van der Waals surface area contributed by atoms with Crippen molar-refractivity contribution in [3.05, 3.63) is 76.5 Å². The number of hydrogen-bond donors (Lipinski definition) is 6. The molecule has 1 saturated carbocycles. The van der Waals surface area contributed by atoms with Gasteiger partial charge in [0, 0.05) is 72.5 Å². The molecule has 6 heterocycles. The number of anilines is 1. The Labute approximate surface area is 378 Å². The number of nitrogens with zero attached hydrogens (tertiary/aromatic N) is 3. The van der Waals surface area contributed by atoms with E-state index in [1.807, 2.05) is 44.2 Å². The molecule has 6 N–H and O–H groups in total. The van der Waals surface area contributed by atoms with Crippen LogP contribution in [0, 0.1) is 11.3 Å². The van der Waals surface area contributed by atoms with Crippen molar-refractivity contribution in [3.63, 3.8) is 0 Å². The highest BCUT2D eigenvalue weighted by molar-refractivity contribution is 7.79. The van der Waals surface area contributed by atoms with Gasteiger partial charge in [-0.15, -0.1) is 0 Å². The first-order valence-electron chi connectivity index (χ1n) is 22.2. The predicted molar refractivity (Wildman–Crippen MR) is 235 cm³/mol. The zero-order valence-electron chi connectivity index (χ0n) is 37.3. The molecule has 3 aromatic rings. The molecule has 2 saturated heterocycles. The maximum atomic E-state index is 14.4. The Morgan fingerprint density at radius 3 is 2.43 bits per heavy atom. The van der Waals surface area contributed by atoms with Gasteiger partial charge in [-0.05, 0) is 84.9 Å². The van der Waals surface area contributed by atoms with Gasteiger partial charge in [0.2, 0.25) is 5.60 Å². The number of piperidine rings is 1. The summed E-state index contributed by atoms with van der Waals surface area (Å²) in [7, 11) is -1.95. The molecule has 2 bridgehead atoms.